The third kappa shape index (κ3) is 6.13. The standard InChI is InChI=1S/C22H22ClN3O3S/c23-19-9-11-21(12-10-19)30(28,29)26(16-18-6-2-1-3-7-18)17-22(27)25-15-13-20-8-4-5-14-24-20/h1-12,14H,13,15-17H2,(H,25,27). The maximum Gasteiger partial charge on any atom is 0.243 e. The Labute approximate surface area is 181 Å². The number of nitrogens with one attached hydrogen (secondary N) is 1. The number of halogens is 1. The highest BCUT2D eigenvalue weighted by atomic mass is 35.5. The van der Waals surface area contributed by atoms with Crippen molar-refractivity contribution in [2.75, 3.05) is 13.1 Å². The molecule has 0 atom stereocenters. The molecular weight excluding hydrogens is 422 g/mol. The quantitative estimate of drug-likeness (QED) is 0.550. The van der Waals surface area contributed by atoms with Gasteiger partial charge in [-0.1, -0.05) is 48.0 Å². The molecule has 1 aromatic heterocycles. The van der Waals surface area contributed by atoms with E-state index in [0.29, 0.717) is 18.0 Å². The Hall–Kier alpha value is -2.74. The van der Waals surface area contributed by atoms with Crippen LogP contribution in [0.3, 0.4) is 0 Å². The van der Waals surface area contributed by atoms with Crippen molar-refractivity contribution in [2.45, 2.75) is 17.9 Å². The first-order chi connectivity index (χ1) is 14.4. The van der Waals surface area contributed by atoms with Crippen LogP contribution in [0.1, 0.15) is 11.3 Å². The Morgan fingerprint density at radius 3 is 2.33 bits per heavy atom. The number of carbonyl (C=O) groups excluding carboxylic acids is 1. The fraction of sp³-hybridized carbons (Fsp3) is 0.182. The van der Waals surface area contributed by atoms with E-state index in [1.807, 2.05) is 48.5 Å². The SMILES string of the molecule is O=C(CN(Cc1ccccc1)S(=O)(=O)c1ccc(Cl)cc1)NCCc1ccccn1. The molecule has 0 bridgehead atoms. The van der Waals surface area contributed by atoms with Crippen molar-refractivity contribution in [3.8, 4) is 0 Å². The molecule has 0 spiro atoms. The highest BCUT2D eigenvalue weighted by Gasteiger charge is 2.26. The Kier molecular flexibility index (Phi) is 7.57. The largest absolute Gasteiger partial charge is 0.355 e. The van der Waals surface area contributed by atoms with Gasteiger partial charge < -0.3 is 5.32 Å². The lowest BCUT2D eigenvalue weighted by molar-refractivity contribution is -0.121. The lowest BCUT2D eigenvalue weighted by atomic mass is 10.2. The second-order valence-corrected chi connectivity index (χ2v) is 9.01. The van der Waals surface area contributed by atoms with Gasteiger partial charge in [-0.05, 0) is 42.0 Å². The Bertz CT molecular complexity index is 1060. The van der Waals surface area contributed by atoms with E-state index in [1.165, 1.54) is 28.6 Å². The highest BCUT2D eigenvalue weighted by Crippen LogP contribution is 2.20. The molecule has 6 nitrogen and oxygen atoms in total. The minimum absolute atomic E-state index is 0.0828. The average molecular weight is 444 g/mol. The average Bonchev–Trinajstić information content (AvgIpc) is 2.75. The molecule has 3 rings (SSSR count). The van der Waals surface area contributed by atoms with Gasteiger partial charge in [0.15, 0.2) is 0 Å². The van der Waals surface area contributed by atoms with Crippen molar-refractivity contribution in [3.63, 3.8) is 0 Å². The van der Waals surface area contributed by atoms with E-state index in [2.05, 4.69) is 10.3 Å². The van der Waals surface area contributed by atoms with Crippen LogP contribution >= 0.6 is 11.6 Å². The van der Waals surface area contributed by atoms with Crippen molar-refractivity contribution < 1.29 is 13.2 Å². The predicted molar refractivity (Wildman–Crippen MR) is 116 cm³/mol. The monoisotopic (exact) mass is 443 g/mol. The van der Waals surface area contributed by atoms with Gasteiger partial charge in [-0.3, -0.25) is 9.78 Å². The molecule has 0 fully saturated rings. The summed E-state index contributed by atoms with van der Waals surface area (Å²) in [6.45, 7) is 0.164. The number of hydrogen-bond donors (Lipinski definition) is 1. The summed E-state index contributed by atoms with van der Waals surface area (Å²) in [5.41, 5.74) is 1.64. The van der Waals surface area contributed by atoms with Crippen molar-refractivity contribution in [1.82, 2.24) is 14.6 Å². The van der Waals surface area contributed by atoms with Gasteiger partial charge in [0.1, 0.15) is 0 Å². The second kappa shape index (κ2) is 10.3. The Morgan fingerprint density at radius 2 is 1.67 bits per heavy atom. The first-order valence-corrected chi connectivity index (χ1v) is 11.2. The van der Waals surface area contributed by atoms with Gasteiger partial charge in [-0.25, -0.2) is 8.42 Å². The first kappa shape index (κ1) is 22.0. The highest BCUT2D eigenvalue weighted by molar-refractivity contribution is 7.89. The van der Waals surface area contributed by atoms with Crippen molar-refractivity contribution >= 4 is 27.5 Å². The summed E-state index contributed by atoms with van der Waals surface area (Å²) in [7, 11) is -3.89. The fourth-order valence-corrected chi connectivity index (χ4v) is 4.37. The van der Waals surface area contributed by atoms with E-state index in [4.69, 9.17) is 11.6 Å². The molecule has 30 heavy (non-hydrogen) atoms. The number of aromatic nitrogens is 1. The van der Waals surface area contributed by atoms with Gasteiger partial charge in [-0.2, -0.15) is 4.31 Å². The summed E-state index contributed by atoms with van der Waals surface area (Å²) in [6, 6.07) is 20.6. The summed E-state index contributed by atoms with van der Waals surface area (Å²) >= 11 is 5.89. The third-order valence-electron chi connectivity index (χ3n) is 4.40. The van der Waals surface area contributed by atoms with E-state index in [9.17, 15) is 13.2 Å². The zero-order valence-electron chi connectivity index (χ0n) is 16.2. The molecule has 0 aliphatic rings. The van der Waals surface area contributed by atoms with Crippen LogP contribution in [-0.2, 0) is 27.8 Å². The molecule has 1 N–H and O–H groups in total. The van der Waals surface area contributed by atoms with Gasteiger partial charge >= 0.3 is 0 Å². The van der Waals surface area contributed by atoms with Crippen LogP contribution < -0.4 is 5.32 Å². The molecular formula is C22H22ClN3O3S. The van der Waals surface area contributed by atoms with Crippen LogP contribution in [0.25, 0.3) is 0 Å². The molecule has 3 aromatic rings. The number of benzene rings is 2. The Morgan fingerprint density at radius 1 is 0.967 bits per heavy atom. The van der Waals surface area contributed by atoms with Gasteiger partial charge in [-0.15, -0.1) is 0 Å². The van der Waals surface area contributed by atoms with Crippen LogP contribution in [-0.4, -0.2) is 36.7 Å². The van der Waals surface area contributed by atoms with Gasteiger partial charge in [0.25, 0.3) is 0 Å². The molecule has 1 amide bonds. The predicted octanol–water partition coefficient (Wildman–Crippen LogP) is 3.28. The lowest BCUT2D eigenvalue weighted by Gasteiger charge is -2.22. The van der Waals surface area contributed by atoms with Gasteiger partial charge in [0, 0.05) is 36.4 Å². The third-order valence-corrected chi connectivity index (χ3v) is 6.46. The number of amides is 1. The number of carbonyl (C=O) groups is 1. The lowest BCUT2D eigenvalue weighted by Crippen LogP contribution is -2.40. The minimum atomic E-state index is -3.89. The number of rotatable bonds is 9. The molecule has 0 aliphatic carbocycles. The fourth-order valence-electron chi connectivity index (χ4n) is 2.86. The normalized spacial score (nSPS) is 11.4. The van der Waals surface area contributed by atoms with Crippen molar-refractivity contribution in [1.29, 1.82) is 0 Å². The Balaban J connectivity index is 1.72. The zero-order chi connectivity index (χ0) is 21.4. The van der Waals surface area contributed by atoms with Crippen molar-refractivity contribution in [3.05, 3.63) is 95.3 Å². The van der Waals surface area contributed by atoms with E-state index >= 15 is 0 Å². The van der Waals surface area contributed by atoms with Crippen LogP contribution in [0.2, 0.25) is 5.02 Å². The molecule has 0 aliphatic heterocycles. The molecule has 2 aromatic carbocycles. The van der Waals surface area contributed by atoms with Crippen molar-refractivity contribution in [2.24, 2.45) is 0 Å². The molecule has 156 valence electrons. The molecule has 1 heterocycles. The maximum absolute atomic E-state index is 13.2. The number of hydrogen-bond acceptors (Lipinski definition) is 4. The molecule has 0 saturated heterocycles. The van der Waals surface area contributed by atoms with Gasteiger partial charge in [0.05, 0.1) is 11.4 Å². The molecule has 8 heteroatoms. The number of pyridine rings is 1. The molecule has 0 unspecified atom stereocenters. The van der Waals surface area contributed by atoms with E-state index in [0.717, 1.165) is 11.3 Å². The van der Waals surface area contributed by atoms with Crippen LogP contribution in [0, 0.1) is 0 Å². The summed E-state index contributed by atoms with van der Waals surface area (Å²) in [4.78, 5) is 16.8. The summed E-state index contributed by atoms with van der Waals surface area (Å²) < 4.78 is 27.5. The van der Waals surface area contributed by atoms with Crippen LogP contribution in [0.5, 0.6) is 0 Å². The van der Waals surface area contributed by atoms with Crippen LogP contribution in [0.4, 0.5) is 0 Å². The smallest absolute Gasteiger partial charge is 0.243 e. The van der Waals surface area contributed by atoms with E-state index < -0.39 is 10.0 Å². The minimum Gasteiger partial charge on any atom is -0.355 e. The van der Waals surface area contributed by atoms with Crippen LogP contribution in [0.15, 0.2) is 83.9 Å². The first-order valence-electron chi connectivity index (χ1n) is 9.41. The number of sulfonamides is 1. The summed E-state index contributed by atoms with van der Waals surface area (Å²) in [5.74, 6) is -0.376. The summed E-state index contributed by atoms with van der Waals surface area (Å²) in [6.07, 6.45) is 2.26. The number of nitrogens with zero attached hydrogens (tertiary/aromatic N) is 2. The van der Waals surface area contributed by atoms with Gasteiger partial charge in [0.2, 0.25) is 15.9 Å². The molecule has 0 saturated carbocycles. The zero-order valence-corrected chi connectivity index (χ0v) is 17.8. The molecule has 0 radical (unpaired) electrons. The summed E-state index contributed by atoms with van der Waals surface area (Å²) in [5, 5.41) is 3.21. The van der Waals surface area contributed by atoms with E-state index in [-0.39, 0.29) is 23.9 Å². The maximum atomic E-state index is 13.2. The second-order valence-electron chi connectivity index (χ2n) is 6.63. The van der Waals surface area contributed by atoms with E-state index in [1.54, 1.807) is 6.20 Å². The topological polar surface area (TPSA) is 79.4 Å².